The van der Waals surface area contributed by atoms with Gasteiger partial charge in [0.2, 0.25) is 6.79 Å². The number of carbonyl (C=O) groups excluding carboxylic acids is 1. The van der Waals surface area contributed by atoms with Crippen molar-refractivity contribution in [2.75, 3.05) is 6.79 Å². The van der Waals surface area contributed by atoms with Crippen molar-refractivity contribution in [3.63, 3.8) is 0 Å². The normalized spacial score (nSPS) is 12.5. The molecule has 2 aromatic carbocycles. The van der Waals surface area contributed by atoms with Crippen molar-refractivity contribution in [2.24, 2.45) is 5.10 Å². The van der Waals surface area contributed by atoms with E-state index in [9.17, 15) is 4.79 Å². The molecular weight excluding hydrogens is 378 g/mol. The molecule has 0 unspecified atom stereocenters. The Balaban J connectivity index is 1.51. The van der Waals surface area contributed by atoms with Crippen LogP contribution >= 0.6 is 11.6 Å². The molecule has 0 radical (unpaired) electrons. The molecule has 6 nitrogen and oxygen atoms in total. The molecule has 0 bridgehead atoms. The molecule has 0 aliphatic carbocycles. The second-order valence-corrected chi connectivity index (χ2v) is 6.85. The van der Waals surface area contributed by atoms with E-state index in [-0.39, 0.29) is 12.7 Å². The monoisotopic (exact) mass is 395 g/mol. The molecule has 0 saturated heterocycles. The van der Waals surface area contributed by atoms with Crippen LogP contribution in [0, 0.1) is 13.8 Å². The molecule has 1 N–H and O–H groups in total. The highest BCUT2D eigenvalue weighted by molar-refractivity contribution is 6.30. The van der Waals surface area contributed by atoms with E-state index >= 15 is 0 Å². The second kappa shape index (κ2) is 7.40. The molecular formula is C21H18ClN3O3. The predicted molar refractivity (Wildman–Crippen MR) is 108 cm³/mol. The summed E-state index contributed by atoms with van der Waals surface area (Å²) >= 11 is 6.11. The maximum atomic E-state index is 12.3. The van der Waals surface area contributed by atoms with E-state index in [1.165, 1.54) is 0 Å². The van der Waals surface area contributed by atoms with Gasteiger partial charge in [-0.1, -0.05) is 17.7 Å². The molecule has 3 aromatic rings. The fourth-order valence-electron chi connectivity index (χ4n) is 3.19. The van der Waals surface area contributed by atoms with Gasteiger partial charge in [-0.2, -0.15) is 5.10 Å². The van der Waals surface area contributed by atoms with Crippen LogP contribution in [-0.4, -0.2) is 23.5 Å². The van der Waals surface area contributed by atoms with E-state index < -0.39 is 0 Å². The first-order chi connectivity index (χ1) is 13.5. The van der Waals surface area contributed by atoms with Gasteiger partial charge in [0.15, 0.2) is 11.5 Å². The summed E-state index contributed by atoms with van der Waals surface area (Å²) in [6, 6.07) is 14.7. The molecule has 1 aliphatic rings. The molecule has 0 spiro atoms. The molecule has 1 aliphatic heterocycles. The van der Waals surface area contributed by atoms with Gasteiger partial charge in [-0.25, -0.2) is 5.43 Å². The van der Waals surface area contributed by atoms with Gasteiger partial charge in [0.1, 0.15) is 0 Å². The van der Waals surface area contributed by atoms with Crippen molar-refractivity contribution in [3.05, 3.63) is 76.1 Å². The van der Waals surface area contributed by atoms with Crippen molar-refractivity contribution < 1.29 is 14.3 Å². The van der Waals surface area contributed by atoms with Gasteiger partial charge in [-0.15, -0.1) is 0 Å². The summed E-state index contributed by atoms with van der Waals surface area (Å²) in [7, 11) is 0. The summed E-state index contributed by atoms with van der Waals surface area (Å²) in [5.41, 5.74) is 6.93. The first-order valence-electron chi connectivity index (χ1n) is 8.71. The average molecular weight is 396 g/mol. The van der Waals surface area contributed by atoms with Crippen LogP contribution in [0.15, 0.2) is 53.6 Å². The van der Waals surface area contributed by atoms with E-state index in [1.807, 2.05) is 44.2 Å². The lowest BCUT2D eigenvalue weighted by Gasteiger charge is -2.09. The van der Waals surface area contributed by atoms with Gasteiger partial charge in [0, 0.05) is 33.2 Å². The van der Waals surface area contributed by atoms with Gasteiger partial charge in [0.25, 0.3) is 5.91 Å². The molecule has 2 heterocycles. The molecule has 0 saturated carbocycles. The Morgan fingerprint density at radius 1 is 1.14 bits per heavy atom. The van der Waals surface area contributed by atoms with Crippen molar-refractivity contribution in [2.45, 2.75) is 13.8 Å². The minimum Gasteiger partial charge on any atom is -0.454 e. The Kier molecular flexibility index (Phi) is 4.79. The highest BCUT2D eigenvalue weighted by Gasteiger charge is 2.16. The van der Waals surface area contributed by atoms with Crippen LogP contribution in [0.1, 0.15) is 27.3 Å². The number of fused-ring (bicyclic) bond motifs is 1. The van der Waals surface area contributed by atoms with Crippen molar-refractivity contribution >= 4 is 23.7 Å². The molecule has 0 atom stereocenters. The minimum absolute atomic E-state index is 0.167. The zero-order valence-corrected chi connectivity index (χ0v) is 16.2. The number of rotatable bonds is 4. The summed E-state index contributed by atoms with van der Waals surface area (Å²) < 4.78 is 12.6. The quantitative estimate of drug-likeness (QED) is 0.530. The Labute approximate surface area is 167 Å². The smallest absolute Gasteiger partial charge is 0.271 e. The van der Waals surface area contributed by atoms with Crippen molar-refractivity contribution in [1.29, 1.82) is 0 Å². The maximum absolute atomic E-state index is 12.3. The first-order valence-corrected chi connectivity index (χ1v) is 9.08. The molecule has 1 aromatic heterocycles. The number of ether oxygens (including phenoxy) is 2. The Morgan fingerprint density at radius 3 is 2.79 bits per heavy atom. The van der Waals surface area contributed by atoms with Crippen LogP contribution < -0.4 is 14.9 Å². The summed E-state index contributed by atoms with van der Waals surface area (Å²) in [5, 5.41) is 4.78. The maximum Gasteiger partial charge on any atom is 0.271 e. The lowest BCUT2D eigenvalue weighted by molar-refractivity contribution is 0.0954. The summed E-state index contributed by atoms with van der Waals surface area (Å²) in [5.74, 6) is 0.869. The molecule has 28 heavy (non-hydrogen) atoms. The highest BCUT2D eigenvalue weighted by Crippen LogP contribution is 2.32. The predicted octanol–water partition coefficient (Wildman–Crippen LogP) is 4.24. The largest absolute Gasteiger partial charge is 0.454 e. The third-order valence-corrected chi connectivity index (χ3v) is 4.78. The summed E-state index contributed by atoms with van der Waals surface area (Å²) in [6.45, 7) is 4.17. The Hall–Kier alpha value is -3.25. The fraction of sp³-hybridized carbons (Fsp3) is 0.143. The zero-order chi connectivity index (χ0) is 19.7. The third kappa shape index (κ3) is 3.46. The number of hydrazone groups is 1. The highest BCUT2D eigenvalue weighted by atomic mass is 35.5. The standard InChI is InChI=1S/C21H18ClN3O3/c1-13-8-16(14(2)25(13)18-5-3-4-17(22)10-18)11-23-24-21(26)15-6-7-19-20(9-15)28-12-27-19/h3-11H,12H2,1-2H3,(H,24,26)/b23-11-. The van der Waals surface area contributed by atoms with E-state index in [0.717, 1.165) is 22.6 Å². The van der Waals surface area contributed by atoms with E-state index in [0.29, 0.717) is 22.1 Å². The van der Waals surface area contributed by atoms with Crippen molar-refractivity contribution in [1.82, 2.24) is 9.99 Å². The number of aromatic nitrogens is 1. The van der Waals surface area contributed by atoms with E-state index in [4.69, 9.17) is 21.1 Å². The second-order valence-electron chi connectivity index (χ2n) is 6.41. The number of hydrogen-bond donors (Lipinski definition) is 1. The molecule has 7 heteroatoms. The summed E-state index contributed by atoms with van der Waals surface area (Å²) in [6.07, 6.45) is 1.63. The van der Waals surface area contributed by atoms with Crippen LogP contribution in [0.3, 0.4) is 0 Å². The van der Waals surface area contributed by atoms with Gasteiger partial charge in [-0.05, 0) is 56.3 Å². The fourth-order valence-corrected chi connectivity index (χ4v) is 3.38. The van der Waals surface area contributed by atoms with E-state index in [1.54, 1.807) is 24.4 Å². The van der Waals surface area contributed by atoms with E-state index in [2.05, 4.69) is 15.1 Å². The van der Waals surface area contributed by atoms with Crippen LogP contribution in [0.2, 0.25) is 5.02 Å². The van der Waals surface area contributed by atoms with Gasteiger partial charge in [0.05, 0.1) is 6.21 Å². The lowest BCUT2D eigenvalue weighted by atomic mass is 10.2. The summed E-state index contributed by atoms with van der Waals surface area (Å²) in [4.78, 5) is 12.3. The number of benzene rings is 2. The Bertz CT molecular complexity index is 1090. The number of nitrogens with one attached hydrogen (secondary N) is 1. The number of halogens is 1. The molecule has 1 amide bonds. The van der Waals surface area contributed by atoms with Crippen LogP contribution in [0.5, 0.6) is 11.5 Å². The zero-order valence-electron chi connectivity index (χ0n) is 15.4. The average Bonchev–Trinajstić information content (AvgIpc) is 3.25. The third-order valence-electron chi connectivity index (χ3n) is 4.54. The van der Waals surface area contributed by atoms with Crippen molar-refractivity contribution in [3.8, 4) is 17.2 Å². The lowest BCUT2D eigenvalue weighted by Crippen LogP contribution is -2.17. The number of nitrogens with zero attached hydrogens (tertiary/aromatic N) is 2. The van der Waals surface area contributed by atoms with Gasteiger partial charge >= 0.3 is 0 Å². The van der Waals surface area contributed by atoms with Gasteiger partial charge in [-0.3, -0.25) is 4.79 Å². The number of amides is 1. The first kappa shape index (κ1) is 18.1. The van der Waals surface area contributed by atoms with Crippen LogP contribution in [0.4, 0.5) is 0 Å². The minimum atomic E-state index is -0.321. The number of aryl methyl sites for hydroxylation is 1. The number of hydrogen-bond acceptors (Lipinski definition) is 4. The SMILES string of the molecule is Cc1cc(/C=N\NC(=O)c2ccc3c(c2)OCO3)c(C)n1-c1cccc(Cl)c1. The van der Waals surface area contributed by atoms with Crippen LogP contribution in [0.25, 0.3) is 5.69 Å². The number of carbonyl (C=O) groups is 1. The van der Waals surface area contributed by atoms with Gasteiger partial charge < -0.3 is 14.0 Å². The molecule has 0 fully saturated rings. The Morgan fingerprint density at radius 2 is 1.96 bits per heavy atom. The van der Waals surface area contributed by atoms with Crippen LogP contribution in [-0.2, 0) is 0 Å². The molecule has 142 valence electrons. The molecule has 4 rings (SSSR count). The topological polar surface area (TPSA) is 64.8 Å².